The zero-order valence-electron chi connectivity index (χ0n) is 16.7. The first kappa shape index (κ1) is 21.8. The number of piperidine rings is 1. The SMILES string of the molecule is OCc1cc(O)ccc1CN1CCC(Nc2ncnc3sc(CC(F)(F)F)cc23)CC1. The lowest BCUT2D eigenvalue weighted by Crippen LogP contribution is -2.39. The fraction of sp³-hybridized carbons (Fsp3) is 0.429. The molecule has 1 saturated heterocycles. The number of aromatic hydroxyl groups is 1. The second kappa shape index (κ2) is 8.97. The number of thiophene rings is 1. The van der Waals surface area contributed by atoms with Crippen LogP contribution in [0.15, 0.2) is 30.6 Å². The standard InChI is InChI=1S/C21H23F3N4O2S/c22-21(23,24)9-17-8-18-19(25-12-26-20(18)31-17)27-15-3-5-28(6-4-15)10-13-1-2-16(30)7-14(13)11-29/h1-2,7-8,12,15,29-30H,3-6,9-11H2,(H,25,26,27). The Balaban J connectivity index is 1.38. The van der Waals surface area contributed by atoms with Crippen LogP contribution in [0.4, 0.5) is 19.0 Å². The zero-order chi connectivity index (χ0) is 22.0. The number of anilines is 1. The van der Waals surface area contributed by atoms with E-state index in [0.717, 1.165) is 48.4 Å². The van der Waals surface area contributed by atoms with Gasteiger partial charge in [-0.2, -0.15) is 13.2 Å². The number of halogens is 3. The van der Waals surface area contributed by atoms with Gasteiger partial charge in [-0.1, -0.05) is 6.07 Å². The number of rotatable bonds is 6. The Morgan fingerprint density at radius 3 is 2.61 bits per heavy atom. The summed E-state index contributed by atoms with van der Waals surface area (Å²) in [5, 5.41) is 23.1. The average molecular weight is 453 g/mol. The highest BCUT2D eigenvalue weighted by atomic mass is 32.1. The van der Waals surface area contributed by atoms with Crippen LogP contribution >= 0.6 is 11.3 Å². The van der Waals surface area contributed by atoms with Gasteiger partial charge in [-0.3, -0.25) is 4.90 Å². The quantitative estimate of drug-likeness (QED) is 0.523. The van der Waals surface area contributed by atoms with Gasteiger partial charge >= 0.3 is 6.18 Å². The van der Waals surface area contributed by atoms with Crippen molar-refractivity contribution in [2.45, 2.75) is 44.6 Å². The molecule has 0 unspecified atom stereocenters. The number of aliphatic hydroxyl groups is 1. The lowest BCUT2D eigenvalue weighted by molar-refractivity contribution is -0.126. The van der Waals surface area contributed by atoms with E-state index < -0.39 is 12.6 Å². The summed E-state index contributed by atoms with van der Waals surface area (Å²) in [7, 11) is 0. The summed E-state index contributed by atoms with van der Waals surface area (Å²) in [6.07, 6.45) is -2.11. The van der Waals surface area contributed by atoms with Crippen LogP contribution in [-0.2, 0) is 19.6 Å². The highest BCUT2D eigenvalue weighted by Crippen LogP contribution is 2.33. The number of phenols is 1. The van der Waals surface area contributed by atoms with E-state index in [1.807, 2.05) is 6.07 Å². The Bertz CT molecular complexity index is 1050. The number of nitrogens with one attached hydrogen (secondary N) is 1. The van der Waals surface area contributed by atoms with Gasteiger partial charge in [0.15, 0.2) is 0 Å². The normalized spacial score (nSPS) is 16.1. The van der Waals surface area contributed by atoms with Gasteiger partial charge in [-0.15, -0.1) is 11.3 Å². The van der Waals surface area contributed by atoms with E-state index in [9.17, 15) is 23.4 Å². The van der Waals surface area contributed by atoms with Crippen molar-refractivity contribution in [3.05, 3.63) is 46.6 Å². The summed E-state index contributed by atoms with van der Waals surface area (Å²) in [5.41, 5.74) is 1.70. The summed E-state index contributed by atoms with van der Waals surface area (Å²) < 4.78 is 38.2. The van der Waals surface area contributed by atoms with Crippen LogP contribution in [0.2, 0.25) is 0 Å². The molecule has 4 rings (SSSR count). The van der Waals surface area contributed by atoms with E-state index in [1.165, 1.54) is 12.4 Å². The van der Waals surface area contributed by atoms with E-state index in [-0.39, 0.29) is 23.3 Å². The van der Waals surface area contributed by atoms with Crippen LogP contribution in [0.5, 0.6) is 5.75 Å². The molecule has 0 spiro atoms. The average Bonchev–Trinajstić information content (AvgIpc) is 3.12. The monoisotopic (exact) mass is 452 g/mol. The molecule has 0 amide bonds. The molecule has 3 heterocycles. The molecule has 6 nitrogen and oxygen atoms in total. The van der Waals surface area contributed by atoms with Gasteiger partial charge in [0.05, 0.1) is 18.4 Å². The molecule has 0 radical (unpaired) electrons. The predicted octanol–water partition coefficient (Wildman–Crippen LogP) is 4.07. The molecule has 1 fully saturated rings. The van der Waals surface area contributed by atoms with Crippen molar-refractivity contribution in [3.63, 3.8) is 0 Å². The van der Waals surface area contributed by atoms with Crippen LogP contribution in [0, 0.1) is 0 Å². The molecular formula is C21H23F3N4O2S. The van der Waals surface area contributed by atoms with Gasteiger partial charge in [0, 0.05) is 30.6 Å². The van der Waals surface area contributed by atoms with E-state index in [1.54, 1.807) is 12.1 Å². The van der Waals surface area contributed by atoms with Crippen LogP contribution in [0.25, 0.3) is 10.2 Å². The molecule has 31 heavy (non-hydrogen) atoms. The number of benzene rings is 1. The highest BCUT2D eigenvalue weighted by molar-refractivity contribution is 7.18. The van der Waals surface area contributed by atoms with E-state index in [2.05, 4.69) is 20.2 Å². The van der Waals surface area contributed by atoms with E-state index in [4.69, 9.17) is 0 Å². The minimum atomic E-state index is -4.25. The smallest absolute Gasteiger partial charge is 0.393 e. The Morgan fingerprint density at radius 1 is 1.13 bits per heavy atom. The van der Waals surface area contributed by atoms with E-state index >= 15 is 0 Å². The number of hydrogen-bond donors (Lipinski definition) is 3. The van der Waals surface area contributed by atoms with Crippen molar-refractivity contribution in [1.29, 1.82) is 0 Å². The first-order valence-corrected chi connectivity index (χ1v) is 10.8. The summed E-state index contributed by atoms with van der Waals surface area (Å²) in [4.78, 5) is 11.5. The van der Waals surface area contributed by atoms with Gasteiger partial charge in [0.2, 0.25) is 0 Å². The molecule has 0 aliphatic carbocycles. The molecule has 0 atom stereocenters. The number of nitrogens with zero attached hydrogens (tertiary/aromatic N) is 3. The lowest BCUT2D eigenvalue weighted by atomic mass is 10.0. The van der Waals surface area contributed by atoms with Gasteiger partial charge < -0.3 is 15.5 Å². The first-order chi connectivity index (χ1) is 14.8. The largest absolute Gasteiger partial charge is 0.508 e. The second-order valence-corrected chi connectivity index (χ2v) is 8.87. The van der Waals surface area contributed by atoms with Crippen LogP contribution in [0.1, 0.15) is 28.8 Å². The summed E-state index contributed by atoms with van der Waals surface area (Å²) in [6, 6.07) is 6.73. The number of alkyl halides is 3. The number of aromatic nitrogens is 2. The second-order valence-electron chi connectivity index (χ2n) is 7.75. The third-order valence-corrected chi connectivity index (χ3v) is 6.48. The van der Waals surface area contributed by atoms with Crippen molar-refractivity contribution in [2.24, 2.45) is 0 Å². The van der Waals surface area contributed by atoms with Crippen LogP contribution in [-0.4, -0.2) is 50.4 Å². The number of likely N-dealkylation sites (tertiary alicyclic amines) is 1. The van der Waals surface area contributed by atoms with Gasteiger partial charge in [-0.25, -0.2) is 9.97 Å². The third-order valence-electron chi connectivity index (χ3n) is 5.44. The minimum Gasteiger partial charge on any atom is -0.508 e. The Morgan fingerprint density at radius 2 is 1.90 bits per heavy atom. The van der Waals surface area contributed by atoms with Crippen molar-refractivity contribution in [1.82, 2.24) is 14.9 Å². The predicted molar refractivity (Wildman–Crippen MR) is 113 cm³/mol. The molecule has 1 aliphatic rings. The molecule has 3 N–H and O–H groups in total. The molecule has 1 aromatic carbocycles. The summed E-state index contributed by atoms with van der Waals surface area (Å²) >= 11 is 1.05. The zero-order valence-corrected chi connectivity index (χ0v) is 17.5. The van der Waals surface area contributed by atoms with Crippen molar-refractivity contribution >= 4 is 27.4 Å². The molecule has 10 heteroatoms. The Hall–Kier alpha value is -2.43. The van der Waals surface area contributed by atoms with Gasteiger partial charge in [-0.05, 0) is 42.2 Å². The number of aliphatic hydroxyl groups excluding tert-OH is 1. The molecule has 0 saturated carbocycles. The molecule has 2 aromatic heterocycles. The number of fused-ring (bicyclic) bond motifs is 1. The maximum atomic E-state index is 12.7. The number of phenolic OH excluding ortho intramolecular Hbond substituents is 1. The van der Waals surface area contributed by atoms with Gasteiger partial charge in [0.1, 0.15) is 22.7 Å². The first-order valence-electron chi connectivity index (χ1n) is 10.0. The van der Waals surface area contributed by atoms with Crippen LogP contribution < -0.4 is 5.32 Å². The molecule has 0 bridgehead atoms. The maximum absolute atomic E-state index is 12.7. The van der Waals surface area contributed by atoms with Crippen molar-refractivity contribution < 1.29 is 23.4 Å². The topological polar surface area (TPSA) is 81.5 Å². The highest BCUT2D eigenvalue weighted by Gasteiger charge is 2.29. The number of hydrogen-bond acceptors (Lipinski definition) is 7. The van der Waals surface area contributed by atoms with E-state index in [0.29, 0.717) is 22.6 Å². The van der Waals surface area contributed by atoms with Crippen LogP contribution in [0.3, 0.4) is 0 Å². The fourth-order valence-electron chi connectivity index (χ4n) is 3.89. The Labute approximate surface area is 181 Å². The molecule has 1 aliphatic heterocycles. The molecular weight excluding hydrogens is 429 g/mol. The molecule has 166 valence electrons. The van der Waals surface area contributed by atoms with Gasteiger partial charge in [0.25, 0.3) is 0 Å². The van der Waals surface area contributed by atoms with Crippen molar-refractivity contribution in [2.75, 3.05) is 18.4 Å². The summed E-state index contributed by atoms with van der Waals surface area (Å²) in [5.74, 6) is 0.716. The molecule has 3 aromatic rings. The summed E-state index contributed by atoms with van der Waals surface area (Å²) in [6.45, 7) is 2.23. The van der Waals surface area contributed by atoms with Crippen molar-refractivity contribution in [3.8, 4) is 5.75 Å². The lowest BCUT2D eigenvalue weighted by Gasteiger charge is -2.33. The maximum Gasteiger partial charge on any atom is 0.393 e. The minimum absolute atomic E-state index is 0.123. The fourth-order valence-corrected chi connectivity index (χ4v) is 4.91. The third kappa shape index (κ3) is 5.44. The Kier molecular flexibility index (Phi) is 6.31.